The lowest BCUT2D eigenvalue weighted by atomic mass is 10.1. The molecule has 0 atom stereocenters. The van der Waals surface area contributed by atoms with Gasteiger partial charge in [-0.15, -0.1) is 10.2 Å². The maximum absolute atomic E-state index is 12.9. The minimum atomic E-state index is -0.111. The van der Waals surface area contributed by atoms with Crippen molar-refractivity contribution in [1.82, 2.24) is 14.9 Å². The molecule has 0 fully saturated rings. The van der Waals surface area contributed by atoms with E-state index in [1.807, 2.05) is 38.1 Å². The number of allylic oxidation sites excluding steroid dienone is 1. The minimum absolute atomic E-state index is 0.0193. The predicted molar refractivity (Wildman–Crippen MR) is 105 cm³/mol. The van der Waals surface area contributed by atoms with Gasteiger partial charge in [-0.2, -0.15) is 0 Å². The molecule has 26 heavy (non-hydrogen) atoms. The highest BCUT2D eigenvalue weighted by Crippen LogP contribution is 2.40. The summed E-state index contributed by atoms with van der Waals surface area (Å²) in [6.45, 7) is 5.59. The van der Waals surface area contributed by atoms with Crippen LogP contribution in [0.15, 0.2) is 38.8 Å². The molecule has 1 amide bonds. The van der Waals surface area contributed by atoms with Crippen molar-refractivity contribution in [3.05, 3.63) is 45.0 Å². The van der Waals surface area contributed by atoms with E-state index in [0.717, 1.165) is 10.0 Å². The molecule has 0 saturated carbocycles. The number of aryl methyl sites for hydroxylation is 1. The van der Waals surface area contributed by atoms with Gasteiger partial charge in [0, 0.05) is 29.3 Å². The standard InChI is InChI=1S/C18H19BrN4O2S/c1-4-13(24)17-16(11-7-9-12(19)10-8-11)23(15(25)6-3)22-14(5-2)20-21-18(22)26-17/h7-10H,4-6H2,1-3H3. The average Bonchev–Trinajstić information content (AvgIpc) is 3.08. The molecule has 1 aliphatic heterocycles. The summed E-state index contributed by atoms with van der Waals surface area (Å²) in [6.07, 6.45) is 1.29. The number of nitrogens with zero attached hydrogens (tertiary/aromatic N) is 4. The van der Waals surface area contributed by atoms with E-state index in [1.165, 1.54) is 11.8 Å². The SMILES string of the molecule is CCC(=O)C1=C(c2ccc(Br)cc2)N(C(=O)CC)n2c(CC)nnc2S1. The van der Waals surface area contributed by atoms with Crippen LogP contribution in [0.25, 0.3) is 5.70 Å². The molecule has 3 rings (SSSR count). The molecular formula is C18H19BrN4O2S. The van der Waals surface area contributed by atoms with E-state index < -0.39 is 0 Å². The van der Waals surface area contributed by atoms with Crippen LogP contribution >= 0.6 is 27.7 Å². The first kappa shape index (κ1) is 18.8. The number of Topliss-reactive ketones (excluding diaryl/α,β-unsaturated/α-hetero) is 1. The molecule has 1 aliphatic rings. The Morgan fingerprint density at radius 1 is 1.08 bits per heavy atom. The molecule has 6 nitrogen and oxygen atoms in total. The van der Waals surface area contributed by atoms with Crippen LogP contribution in [-0.4, -0.2) is 26.6 Å². The number of benzene rings is 1. The monoisotopic (exact) mass is 434 g/mol. The van der Waals surface area contributed by atoms with Gasteiger partial charge in [0.05, 0.1) is 10.6 Å². The molecule has 0 radical (unpaired) electrons. The Labute approximate surface area is 164 Å². The highest BCUT2D eigenvalue weighted by atomic mass is 79.9. The average molecular weight is 435 g/mol. The third kappa shape index (κ3) is 3.23. The summed E-state index contributed by atoms with van der Waals surface area (Å²) in [7, 11) is 0. The van der Waals surface area contributed by atoms with E-state index in [2.05, 4.69) is 26.1 Å². The summed E-state index contributed by atoms with van der Waals surface area (Å²) >= 11 is 4.71. The number of fused-ring (bicyclic) bond motifs is 1. The number of ketones is 1. The van der Waals surface area contributed by atoms with Gasteiger partial charge in [0.15, 0.2) is 11.6 Å². The molecule has 0 bridgehead atoms. The van der Waals surface area contributed by atoms with Crippen molar-refractivity contribution in [1.29, 1.82) is 0 Å². The Hall–Kier alpha value is -1.93. The van der Waals surface area contributed by atoms with E-state index in [0.29, 0.717) is 40.8 Å². The van der Waals surface area contributed by atoms with Crippen molar-refractivity contribution in [2.24, 2.45) is 0 Å². The molecule has 2 aromatic rings. The van der Waals surface area contributed by atoms with Crippen LogP contribution in [0.5, 0.6) is 0 Å². The van der Waals surface area contributed by atoms with Crippen molar-refractivity contribution in [3.63, 3.8) is 0 Å². The van der Waals surface area contributed by atoms with E-state index in [9.17, 15) is 9.59 Å². The summed E-state index contributed by atoms with van der Waals surface area (Å²) in [5.74, 6) is 0.557. The quantitative estimate of drug-likeness (QED) is 0.712. The molecule has 0 N–H and O–H groups in total. The van der Waals surface area contributed by atoms with Gasteiger partial charge in [-0.3, -0.25) is 9.59 Å². The first-order valence-electron chi connectivity index (χ1n) is 8.50. The fourth-order valence-corrected chi connectivity index (χ4v) is 4.07. The number of halogens is 1. The lowest BCUT2D eigenvalue weighted by molar-refractivity contribution is -0.119. The van der Waals surface area contributed by atoms with Crippen molar-refractivity contribution in [2.75, 3.05) is 5.01 Å². The molecule has 136 valence electrons. The number of carbonyl (C=O) groups excluding carboxylic acids is 2. The molecule has 8 heteroatoms. The first-order chi connectivity index (χ1) is 12.5. The summed E-state index contributed by atoms with van der Waals surface area (Å²) in [4.78, 5) is 26.1. The molecule has 2 heterocycles. The third-order valence-electron chi connectivity index (χ3n) is 4.04. The molecule has 0 spiro atoms. The van der Waals surface area contributed by atoms with E-state index in [1.54, 1.807) is 16.6 Å². The molecule has 0 unspecified atom stereocenters. The summed E-state index contributed by atoms with van der Waals surface area (Å²) in [5, 5.41) is 10.5. The zero-order chi connectivity index (χ0) is 18.8. The molecule has 0 aliphatic carbocycles. The zero-order valence-electron chi connectivity index (χ0n) is 14.8. The Morgan fingerprint density at radius 3 is 2.35 bits per heavy atom. The van der Waals surface area contributed by atoms with Crippen molar-refractivity contribution < 1.29 is 9.59 Å². The van der Waals surface area contributed by atoms with Gasteiger partial charge >= 0.3 is 0 Å². The Bertz CT molecular complexity index is 889. The summed E-state index contributed by atoms with van der Waals surface area (Å²) in [6, 6.07) is 7.61. The van der Waals surface area contributed by atoms with E-state index in [-0.39, 0.29) is 11.7 Å². The maximum Gasteiger partial charge on any atom is 0.246 e. The topological polar surface area (TPSA) is 68.1 Å². The number of hydrogen-bond acceptors (Lipinski definition) is 5. The van der Waals surface area contributed by atoms with Crippen molar-refractivity contribution in [3.8, 4) is 0 Å². The van der Waals surface area contributed by atoms with Crippen LogP contribution in [0, 0.1) is 0 Å². The van der Waals surface area contributed by atoms with Crippen LogP contribution in [0.1, 0.15) is 45.0 Å². The second-order valence-corrected chi connectivity index (χ2v) is 7.58. The molecule has 0 saturated heterocycles. The second kappa shape index (κ2) is 7.75. The minimum Gasteiger partial charge on any atom is -0.294 e. The number of thioether (sulfide) groups is 1. The van der Waals surface area contributed by atoms with Gasteiger partial charge in [-0.1, -0.05) is 48.8 Å². The van der Waals surface area contributed by atoms with Gasteiger partial charge in [-0.25, -0.2) is 9.69 Å². The van der Waals surface area contributed by atoms with Crippen molar-refractivity contribution in [2.45, 2.75) is 45.2 Å². The van der Waals surface area contributed by atoms with Gasteiger partial charge in [0.25, 0.3) is 0 Å². The lowest BCUT2D eigenvalue weighted by Crippen LogP contribution is -2.42. The van der Waals surface area contributed by atoms with Gasteiger partial charge in [0.1, 0.15) is 0 Å². The fraction of sp³-hybridized carbons (Fsp3) is 0.333. The summed E-state index contributed by atoms with van der Waals surface area (Å²) < 4.78 is 2.67. The third-order valence-corrected chi connectivity index (χ3v) is 5.63. The van der Waals surface area contributed by atoms with Crippen LogP contribution in [-0.2, 0) is 16.0 Å². The highest BCUT2D eigenvalue weighted by molar-refractivity contribution is 9.10. The molecular weight excluding hydrogens is 416 g/mol. The number of rotatable bonds is 5. The Balaban J connectivity index is 2.29. The van der Waals surface area contributed by atoms with E-state index >= 15 is 0 Å². The number of hydrogen-bond donors (Lipinski definition) is 0. The predicted octanol–water partition coefficient (Wildman–Crippen LogP) is 3.93. The van der Waals surface area contributed by atoms with Crippen LogP contribution < -0.4 is 5.01 Å². The normalized spacial score (nSPS) is 13.8. The number of aromatic nitrogens is 3. The number of amides is 1. The van der Waals surface area contributed by atoms with Crippen LogP contribution in [0.2, 0.25) is 0 Å². The Morgan fingerprint density at radius 2 is 1.77 bits per heavy atom. The fourth-order valence-electron chi connectivity index (χ4n) is 2.71. The first-order valence-corrected chi connectivity index (χ1v) is 10.1. The van der Waals surface area contributed by atoms with Crippen LogP contribution in [0.4, 0.5) is 0 Å². The van der Waals surface area contributed by atoms with Crippen molar-refractivity contribution >= 4 is 45.1 Å². The van der Waals surface area contributed by atoms with Gasteiger partial charge in [-0.05, 0) is 23.9 Å². The maximum atomic E-state index is 12.9. The Kier molecular flexibility index (Phi) is 5.62. The number of carbonyl (C=O) groups is 2. The second-order valence-electron chi connectivity index (χ2n) is 5.69. The van der Waals surface area contributed by atoms with Gasteiger partial charge < -0.3 is 0 Å². The summed E-state index contributed by atoms with van der Waals surface area (Å²) in [5.41, 5.74) is 1.41. The van der Waals surface area contributed by atoms with Crippen LogP contribution in [0.3, 0.4) is 0 Å². The lowest BCUT2D eigenvalue weighted by Gasteiger charge is -2.33. The zero-order valence-corrected chi connectivity index (χ0v) is 17.2. The smallest absolute Gasteiger partial charge is 0.246 e. The van der Waals surface area contributed by atoms with Gasteiger partial charge in [0.2, 0.25) is 11.1 Å². The molecule has 1 aromatic heterocycles. The largest absolute Gasteiger partial charge is 0.294 e. The van der Waals surface area contributed by atoms with E-state index in [4.69, 9.17) is 0 Å². The highest BCUT2D eigenvalue weighted by Gasteiger charge is 2.35. The molecule has 1 aromatic carbocycles.